The predicted molar refractivity (Wildman–Crippen MR) is 106 cm³/mol. The molecule has 1 N–H and O–H groups in total. The van der Waals surface area contributed by atoms with Crippen molar-refractivity contribution >= 4 is 33.0 Å². The van der Waals surface area contributed by atoms with E-state index < -0.39 is 27.0 Å². The van der Waals surface area contributed by atoms with Crippen LogP contribution in [-0.4, -0.2) is 38.7 Å². The summed E-state index contributed by atoms with van der Waals surface area (Å²) in [4.78, 5) is 22.8. The number of nitrogens with zero attached hydrogens (tertiary/aromatic N) is 2. The van der Waals surface area contributed by atoms with Gasteiger partial charge in [0.05, 0.1) is 28.1 Å². The number of carbonyl (C=O) groups excluding carboxylic acids is 1. The average molecular weight is 407 g/mol. The van der Waals surface area contributed by atoms with Gasteiger partial charge in [0.2, 0.25) is 10.0 Å². The van der Waals surface area contributed by atoms with Crippen LogP contribution in [0.1, 0.15) is 12.5 Å². The first-order valence-corrected chi connectivity index (χ1v) is 10.1. The smallest absolute Gasteiger partial charge is 0.274 e. The molecule has 1 amide bonds. The molecule has 2 aromatic rings. The Balaban J connectivity index is 2.07. The van der Waals surface area contributed by atoms with Crippen molar-refractivity contribution < 1.29 is 22.9 Å². The molecule has 0 unspecified atom stereocenters. The van der Waals surface area contributed by atoms with Crippen LogP contribution >= 0.6 is 0 Å². The van der Waals surface area contributed by atoms with E-state index in [1.165, 1.54) is 19.2 Å². The molecule has 0 heterocycles. The van der Waals surface area contributed by atoms with Gasteiger partial charge in [-0.3, -0.25) is 19.2 Å². The molecular formula is C18H21N3O6S. The van der Waals surface area contributed by atoms with Gasteiger partial charge in [-0.1, -0.05) is 6.07 Å². The third-order valence-electron chi connectivity index (χ3n) is 4.14. The van der Waals surface area contributed by atoms with E-state index in [0.29, 0.717) is 22.7 Å². The number of anilines is 2. The third-order valence-corrected chi connectivity index (χ3v) is 5.35. The molecule has 1 atom stereocenters. The third kappa shape index (κ3) is 4.97. The number of rotatable bonds is 7. The molecule has 2 rings (SSSR count). The van der Waals surface area contributed by atoms with Crippen molar-refractivity contribution in [3.05, 3.63) is 58.1 Å². The fraction of sp³-hybridized carbons (Fsp3) is 0.278. The molecule has 0 aromatic heterocycles. The van der Waals surface area contributed by atoms with Crippen LogP contribution in [0.5, 0.6) is 5.75 Å². The van der Waals surface area contributed by atoms with Gasteiger partial charge in [0.1, 0.15) is 5.75 Å². The lowest BCUT2D eigenvalue weighted by atomic mass is 10.1. The maximum atomic E-state index is 12.4. The van der Waals surface area contributed by atoms with E-state index in [1.807, 2.05) is 0 Å². The van der Waals surface area contributed by atoms with Crippen LogP contribution in [0.3, 0.4) is 0 Å². The molecule has 0 fully saturated rings. The molecule has 0 aliphatic carbocycles. The first-order chi connectivity index (χ1) is 13.0. The van der Waals surface area contributed by atoms with Gasteiger partial charge in [0, 0.05) is 13.1 Å². The zero-order chi connectivity index (χ0) is 21.1. The average Bonchev–Trinajstić information content (AvgIpc) is 2.62. The predicted octanol–water partition coefficient (Wildman–Crippen LogP) is 2.71. The van der Waals surface area contributed by atoms with Crippen LogP contribution in [0.4, 0.5) is 17.1 Å². The number of hydrogen-bond acceptors (Lipinski definition) is 6. The lowest BCUT2D eigenvalue weighted by Crippen LogP contribution is -2.30. The van der Waals surface area contributed by atoms with Crippen LogP contribution < -0.4 is 14.4 Å². The number of benzene rings is 2. The second-order valence-electron chi connectivity index (χ2n) is 6.18. The SMILES string of the molecule is Cc1c(NC(=O)[C@H](C)Oc2ccc(N(C)S(C)(=O)=O)cc2)cccc1[N+](=O)[O-]. The van der Waals surface area contributed by atoms with Crippen molar-refractivity contribution in [3.63, 3.8) is 0 Å². The summed E-state index contributed by atoms with van der Waals surface area (Å²) in [6.07, 6.45) is 0.219. The Hall–Kier alpha value is -3.14. The van der Waals surface area contributed by atoms with Gasteiger partial charge in [-0.05, 0) is 44.2 Å². The van der Waals surface area contributed by atoms with E-state index in [2.05, 4.69) is 5.32 Å². The lowest BCUT2D eigenvalue weighted by Gasteiger charge is -2.18. The molecule has 150 valence electrons. The van der Waals surface area contributed by atoms with Gasteiger partial charge in [-0.2, -0.15) is 0 Å². The molecule has 0 aliphatic heterocycles. The van der Waals surface area contributed by atoms with Gasteiger partial charge < -0.3 is 10.1 Å². The van der Waals surface area contributed by atoms with E-state index in [0.717, 1.165) is 10.6 Å². The number of nitro benzene ring substituents is 1. The van der Waals surface area contributed by atoms with Gasteiger partial charge in [0.25, 0.3) is 11.6 Å². The van der Waals surface area contributed by atoms with Crippen molar-refractivity contribution in [1.82, 2.24) is 0 Å². The van der Waals surface area contributed by atoms with E-state index in [1.54, 1.807) is 44.2 Å². The van der Waals surface area contributed by atoms with Crippen molar-refractivity contribution in [2.24, 2.45) is 0 Å². The van der Waals surface area contributed by atoms with Crippen LogP contribution in [0.2, 0.25) is 0 Å². The molecular weight excluding hydrogens is 386 g/mol. The molecule has 0 aliphatic rings. The molecule has 0 saturated heterocycles. The molecule has 0 spiro atoms. The maximum Gasteiger partial charge on any atom is 0.274 e. The van der Waals surface area contributed by atoms with Crippen LogP contribution in [0.25, 0.3) is 0 Å². The zero-order valence-corrected chi connectivity index (χ0v) is 16.7. The number of amides is 1. The van der Waals surface area contributed by atoms with Gasteiger partial charge in [-0.15, -0.1) is 0 Å². The molecule has 28 heavy (non-hydrogen) atoms. The van der Waals surface area contributed by atoms with Gasteiger partial charge >= 0.3 is 0 Å². The first kappa shape index (κ1) is 21.2. The summed E-state index contributed by atoms with van der Waals surface area (Å²) in [6.45, 7) is 3.09. The summed E-state index contributed by atoms with van der Waals surface area (Å²) < 4.78 is 29.8. The van der Waals surface area contributed by atoms with E-state index in [-0.39, 0.29) is 5.69 Å². The number of hydrogen-bond donors (Lipinski definition) is 1. The number of nitrogens with one attached hydrogen (secondary N) is 1. The zero-order valence-electron chi connectivity index (χ0n) is 15.9. The highest BCUT2D eigenvalue weighted by Gasteiger charge is 2.19. The summed E-state index contributed by atoms with van der Waals surface area (Å²) in [5.41, 5.74) is 1.05. The molecule has 2 aromatic carbocycles. The quantitative estimate of drug-likeness (QED) is 0.557. The summed E-state index contributed by atoms with van der Waals surface area (Å²) in [6, 6.07) is 10.7. The Bertz CT molecular complexity index is 989. The van der Waals surface area contributed by atoms with Crippen molar-refractivity contribution in [3.8, 4) is 5.75 Å². The monoisotopic (exact) mass is 407 g/mol. The maximum absolute atomic E-state index is 12.4. The highest BCUT2D eigenvalue weighted by molar-refractivity contribution is 7.92. The summed E-state index contributed by atoms with van der Waals surface area (Å²) in [7, 11) is -1.94. The van der Waals surface area contributed by atoms with Crippen molar-refractivity contribution in [2.45, 2.75) is 20.0 Å². The molecule has 10 heteroatoms. The van der Waals surface area contributed by atoms with E-state index >= 15 is 0 Å². The fourth-order valence-electron chi connectivity index (χ4n) is 2.37. The second-order valence-corrected chi connectivity index (χ2v) is 8.19. The minimum absolute atomic E-state index is 0.0862. The number of nitro groups is 1. The van der Waals surface area contributed by atoms with Gasteiger partial charge in [-0.25, -0.2) is 8.42 Å². The summed E-state index contributed by atoms with van der Waals surface area (Å²) in [5, 5.41) is 13.6. The minimum atomic E-state index is -3.37. The lowest BCUT2D eigenvalue weighted by molar-refractivity contribution is -0.385. The van der Waals surface area contributed by atoms with Crippen molar-refractivity contribution in [2.75, 3.05) is 22.9 Å². The normalized spacial score (nSPS) is 12.1. The van der Waals surface area contributed by atoms with Crippen LogP contribution in [0.15, 0.2) is 42.5 Å². The Morgan fingerprint density at radius 3 is 2.36 bits per heavy atom. The Labute approximate surface area is 163 Å². The van der Waals surface area contributed by atoms with Crippen LogP contribution in [0, 0.1) is 17.0 Å². The minimum Gasteiger partial charge on any atom is -0.481 e. The largest absolute Gasteiger partial charge is 0.481 e. The fourth-order valence-corrected chi connectivity index (χ4v) is 2.88. The molecule has 0 radical (unpaired) electrons. The highest BCUT2D eigenvalue weighted by Crippen LogP contribution is 2.26. The van der Waals surface area contributed by atoms with Gasteiger partial charge in [0.15, 0.2) is 6.10 Å². The Morgan fingerprint density at radius 1 is 1.21 bits per heavy atom. The molecule has 0 bridgehead atoms. The first-order valence-electron chi connectivity index (χ1n) is 8.26. The Morgan fingerprint density at radius 2 is 1.82 bits per heavy atom. The second kappa shape index (κ2) is 8.26. The number of carbonyl (C=O) groups is 1. The number of ether oxygens (including phenoxy) is 1. The van der Waals surface area contributed by atoms with E-state index in [4.69, 9.17) is 4.74 Å². The number of sulfonamides is 1. The van der Waals surface area contributed by atoms with Crippen LogP contribution in [-0.2, 0) is 14.8 Å². The topological polar surface area (TPSA) is 119 Å². The molecule has 0 saturated carbocycles. The highest BCUT2D eigenvalue weighted by atomic mass is 32.2. The standard InChI is InChI=1S/C18H21N3O6S/c1-12-16(6-5-7-17(12)21(23)24)19-18(22)13(2)27-15-10-8-14(9-11-15)20(3)28(4,25)26/h5-11,13H,1-4H3,(H,19,22)/t13-/m0/s1. The Kier molecular flexibility index (Phi) is 6.24. The summed E-state index contributed by atoms with van der Waals surface area (Å²) in [5.74, 6) is -0.0926. The molecule has 9 nitrogen and oxygen atoms in total. The van der Waals surface area contributed by atoms with Crippen molar-refractivity contribution in [1.29, 1.82) is 0 Å². The van der Waals surface area contributed by atoms with E-state index in [9.17, 15) is 23.3 Å². The summed E-state index contributed by atoms with van der Waals surface area (Å²) >= 11 is 0.